The van der Waals surface area contributed by atoms with Crippen molar-refractivity contribution in [2.75, 3.05) is 25.5 Å². The van der Waals surface area contributed by atoms with Crippen molar-refractivity contribution in [2.45, 2.75) is 18.2 Å². The first-order chi connectivity index (χ1) is 8.31. The number of rotatable bonds is 1. The molecule has 2 heterocycles. The number of amidine groups is 1. The molecule has 0 bridgehead atoms. The van der Waals surface area contributed by atoms with Crippen LogP contribution in [0.25, 0.3) is 0 Å². The lowest BCUT2D eigenvalue weighted by atomic mass is 10.1. The van der Waals surface area contributed by atoms with Crippen molar-refractivity contribution in [3.63, 3.8) is 0 Å². The molecule has 1 fully saturated rings. The van der Waals surface area contributed by atoms with Gasteiger partial charge in [-0.3, -0.25) is 4.99 Å². The number of hydrogen-bond acceptors (Lipinski definition) is 4. The summed E-state index contributed by atoms with van der Waals surface area (Å²) in [6.45, 7) is 3.20. The minimum Gasteiger partial charge on any atom is -0.335 e. The van der Waals surface area contributed by atoms with Crippen LogP contribution >= 0.6 is 11.8 Å². The molecule has 0 spiro atoms. The second-order valence-corrected chi connectivity index (χ2v) is 5.98. The first kappa shape index (κ1) is 11.1. The van der Waals surface area contributed by atoms with Gasteiger partial charge in [-0.15, -0.1) is 0 Å². The Morgan fingerprint density at radius 2 is 2.29 bits per heavy atom. The third-order valence-electron chi connectivity index (χ3n) is 3.28. The van der Waals surface area contributed by atoms with E-state index in [1.807, 2.05) is 11.8 Å². The van der Waals surface area contributed by atoms with Crippen molar-refractivity contribution < 1.29 is 0 Å². The van der Waals surface area contributed by atoms with Gasteiger partial charge in [0.05, 0.1) is 6.54 Å². The SMILES string of the molecule is CN1CCC(SC2=NCc3ccccc3N2)C1. The molecule has 0 radical (unpaired) electrons. The number of likely N-dealkylation sites (tertiary alicyclic amines) is 1. The summed E-state index contributed by atoms with van der Waals surface area (Å²) in [7, 11) is 2.19. The second-order valence-electron chi connectivity index (χ2n) is 4.69. The maximum atomic E-state index is 4.61. The van der Waals surface area contributed by atoms with E-state index >= 15 is 0 Å². The largest absolute Gasteiger partial charge is 0.335 e. The van der Waals surface area contributed by atoms with E-state index in [1.54, 1.807) is 0 Å². The number of para-hydroxylation sites is 1. The number of benzene rings is 1. The molecule has 1 unspecified atom stereocenters. The highest BCUT2D eigenvalue weighted by Gasteiger charge is 2.23. The van der Waals surface area contributed by atoms with Gasteiger partial charge in [0.15, 0.2) is 5.17 Å². The number of hydrogen-bond donors (Lipinski definition) is 1. The Morgan fingerprint density at radius 3 is 3.12 bits per heavy atom. The summed E-state index contributed by atoms with van der Waals surface area (Å²) in [5.74, 6) is 0. The lowest BCUT2D eigenvalue weighted by Gasteiger charge is -2.19. The molecule has 1 aromatic carbocycles. The highest BCUT2D eigenvalue weighted by atomic mass is 32.2. The van der Waals surface area contributed by atoms with Gasteiger partial charge < -0.3 is 10.2 Å². The Morgan fingerprint density at radius 1 is 1.41 bits per heavy atom. The predicted octanol–water partition coefficient (Wildman–Crippen LogP) is 2.41. The standard InChI is InChI=1S/C13H17N3S/c1-16-7-6-11(9-16)17-13-14-8-10-4-2-3-5-12(10)15-13/h2-5,11H,6-9H2,1H3,(H,14,15). The van der Waals surface area contributed by atoms with Crippen LogP contribution in [0.1, 0.15) is 12.0 Å². The summed E-state index contributed by atoms with van der Waals surface area (Å²) in [5, 5.41) is 5.21. The summed E-state index contributed by atoms with van der Waals surface area (Å²) in [4.78, 5) is 6.99. The molecular formula is C13H17N3S. The minimum atomic E-state index is 0.691. The Bertz CT molecular complexity index is 444. The van der Waals surface area contributed by atoms with Gasteiger partial charge in [-0.05, 0) is 31.6 Å². The molecule has 1 atom stereocenters. The molecule has 0 aromatic heterocycles. The van der Waals surface area contributed by atoms with Crippen molar-refractivity contribution >= 4 is 22.6 Å². The van der Waals surface area contributed by atoms with E-state index < -0.39 is 0 Å². The number of aliphatic imine (C=N–C) groups is 1. The quantitative estimate of drug-likeness (QED) is 0.826. The molecule has 3 nitrogen and oxygen atoms in total. The third kappa shape index (κ3) is 2.48. The maximum Gasteiger partial charge on any atom is 0.161 e. The van der Waals surface area contributed by atoms with Gasteiger partial charge in [0.25, 0.3) is 0 Å². The average molecular weight is 247 g/mol. The van der Waals surface area contributed by atoms with Gasteiger partial charge in [-0.25, -0.2) is 0 Å². The van der Waals surface area contributed by atoms with Crippen LogP contribution in [0.4, 0.5) is 5.69 Å². The molecule has 0 aliphatic carbocycles. The van der Waals surface area contributed by atoms with Crippen molar-refractivity contribution in [3.05, 3.63) is 29.8 Å². The van der Waals surface area contributed by atoms with Crippen LogP contribution in [0.3, 0.4) is 0 Å². The number of nitrogens with zero attached hydrogens (tertiary/aromatic N) is 2. The van der Waals surface area contributed by atoms with E-state index in [2.05, 4.69) is 46.5 Å². The van der Waals surface area contributed by atoms with E-state index in [-0.39, 0.29) is 0 Å². The average Bonchev–Trinajstić information content (AvgIpc) is 2.75. The zero-order chi connectivity index (χ0) is 11.7. The summed E-state index contributed by atoms with van der Waals surface area (Å²) in [5.41, 5.74) is 2.51. The maximum absolute atomic E-state index is 4.61. The Balaban J connectivity index is 1.65. The van der Waals surface area contributed by atoms with Gasteiger partial charge in [0, 0.05) is 17.5 Å². The Kier molecular flexibility index (Phi) is 3.07. The fourth-order valence-corrected chi connectivity index (χ4v) is 3.48. The Hall–Kier alpha value is -1.00. The fraction of sp³-hybridized carbons (Fsp3) is 0.462. The smallest absolute Gasteiger partial charge is 0.161 e. The molecular weight excluding hydrogens is 230 g/mol. The van der Waals surface area contributed by atoms with Crippen molar-refractivity contribution in [2.24, 2.45) is 4.99 Å². The first-order valence-corrected chi connectivity index (χ1v) is 6.94. The van der Waals surface area contributed by atoms with E-state index in [4.69, 9.17) is 0 Å². The zero-order valence-electron chi connectivity index (χ0n) is 10.0. The van der Waals surface area contributed by atoms with Crippen LogP contribution in [-0.2, 0) is 6.54 Å². The molecule has 0 amide bonds. The number of anilines is 1. The van der Waals surface area contributed by atoms with Crippen LogP contribution in [0.5, 0.6) is 0 Å². The Labute approximate surface area is 106 Å². The van der Waals surface area contributed by atoms with E-state index in [0.29, 0.717) is 5.25 Å². The predicted molar refractivity (Wildman–Crippen MR) is 74.7 cm³/mol. The van der Waals surface area contributed by atoms with Gasteiger partial charge >= 0.3 is 0 Å². The molecule has 4 heteroatoms. The molecule has 3 rings (SSSR count). The normalized spacial score (nSPS) is 24.1. The molecule has 90 valence electrons. The van der Waals surface area contributed by atoms with Crippen LogP contribution in [-0.4, -0.2) is 35.5 Å². The van der Waals surface area contributed by atoms with Crippen LogP contribution in [0.2, 0.25) is 0 Å². The van der Waals surface area contributed by atoms with Crippen LogP contribution in [0.15, 0.2) is 29.3 Å². The first-order valence-electron chi connectivity index (χ1n) is 6.06. The minimum absolute atomic E-state index is 0.691. The fourth-order valence-electron chi connectivity index (χ4n) is 2.31. The summed E-state index contributed by atoms with van der Waals surface area (Å²) >= 11 is 1.89. The monoisotopic (exact) mass is 247 g/mol. The lowest BCUT2D eigenvalue weighted by Crippen LogP contribution is -2.20. The summed E-state index contributed by atoms with van der Waals surface area (Å²) in [6.07, 6.45) is 1.27. The van der Waals surface area contributed by atoms with Crippen molar-refractivity contribution in [1.29, 1.82) is 0 Å². The second kappa shape index (κ2) is 4.70. The highest BCUT2D eigenvalue weighted by molar-refractivity contribution is 8.14. The van der Waals surface area contributed by atoms with E-state index in [9.17, 15) is 0 Å². The van der Waals surface area contributed by atoms with Gasteiger partial charge in [0.1, 0.15) is 0 Å². The summed E-state index contributed by atoms with van der Waals surface area (Å²) in [6, 6.07) is 8.41. The molecule has 1 saturated heterocycles. The topological polar surface area (TPSA) is 27.6 Å². The molecule has 2 aliphatic heterocycles. The van der Waals surface area contributed by atoms with Crippen molar-refractivity contribution in [1.82, 2.24) is 4.90 Å². The van der Waals surface area contributed by atoms with E-state index in [0.717, 1.165) is 11.7 Å². The molecule has 17 heavy (non-hydrogen) atoms. The highest BCUT2D eigenvalue weighted by Crippen LogP contribution is 2.28. The number of nitrogens with one attached hydrogen (secondary N) is 1. The molecule has 2 aliphatic rings. The number of fused-ring (bicyclic) bond motifs is 1. The van der Waals surface area contributed by atoms with Crippen LogP contribution in [0, 0.1) is 0 Å². The van der Waals surface area contributed by atoms with Crippen LogP contribution < -0.4 is 5.32 Å². The molecule has 0 saturated carbocycles. The van der Waals surface area contributed by atoms with Gasteiger partial charge in [0.2, 0.25) is 0 Å². The van der Waals surface area contributed by atoms with Gasteiger partial charge in [-0.2, -0.15) is 0 Å². The molecule has 1 aromatic rings. The number of thioether (sulfide) groups is 1. The van der Waals surface area contributed by atoms with E-state index in [1.165, 1.54) is 30.8 Å². The van der Waals surface area contributed by atoms with Gasteiger partial charge in [-0.1, -0.05) is 30.0 Å². The summed E-state index contributed by atoms with van der Waals surface area (Å²) < 4.78 is 0. The molecule has 1 N–H and O–H groups in total. The zero-order valence-corrected chi connectivity index (χ0v) is 10.8. The third-order valence-corrected chi connectivity index (χ3v) is 4.45. The van der Waals surface area contributed by atoms with Crippen molar-refractivity contribution in [3.8, 4) is 0 Å². The lowest BCUT2D eigenvalue weighted by molar-refractivity contribution is 0.419.